The van der Waals surface area contributed by atoms with Crippen LogP contribution in [0.15, 0.2) is 89.9 Å². The molecular weight excluding hydrogens is 424 g/mol. The van der Waals surface area contributed by atoms with Gasteiger partial charge in [-0.25, -0.2) is 0 Å². The summed E-state index contributed by atoms with van der Waals surface area (Å²) in [6.07, 6.45) is 6.57. The number of aliphatic imine (C=N–C) groups is 1. The molecule has 5 atom stereocenters. The van der Waals surface area contributed by atoms with Crippen LogP contribution in [0.2, 0.25) is 5.02 Å². The number of fused-ring (bicyclic) bond motifs is 1. The molecule has 4 heterocycles. The van der Waals surface area contributed by atoms with E-state index in [-0.39, 0.29) is 0 Å². The third-order valence-electron chi connectivity index (χ3n) is 8.10. The molecule has 4 bridgehead atoms. The van der Waals surface area contributed by atoms with Crippen molar-refractivity contribution < 1.29 is 0 Å². The Morgan fingerprint density at radius 2 is 1.36 bits per heavy atom. The van der Waals surface area contributed by atoms with Crippen molar-refractivity contribution in [1.29, 1.82) is 0 Å². The van der Waals surface area contributed by atoms with Crippen LogP contribution in [-0.2, 0) is 6.54 Å². The van der Waals surface area contributed by atoms with Crippen molar-refractivity contribution in [1.82, 2.24) is 4.90 Å². The lowest BCUT2D eigenvalue weighted by atomic mass is 9.65. The maximum absolute atomic E-state index is 6.51. The second-order valence-corrected chi connectivity index (χ2v) is 10.3. The van der Waals surface area contributed by atoms with Gasteiger partial charge in [-0.1, -0.05) is 96.9 Å². The van der Waals surface area contributed by atoms with Gasteiger partial charge in [-0.2, -0.15) is 0 Å². The van der Waals surface area contributed by atoms with Crippen LogP contribution in [0.4, 0.5) is 0 Å². The van der Waals surface area contributed by atoms with Crippen molar-refractivity contribution in [3.63, 3.8) is 0 Å². The number of hydrogen-bond acceptors (Lipinski definition) is 2. The first-order chi connectivity index (χ1) is 16.3. The molecule has 2 nitrogen and oxygen atoms in total. The zero-order valence-electron chi connectivity index (χ0n) is 19.0. The normalized spacial score (nSPS) is 29.5. The van der Waals surface area contributed by atoms with Gasteiger partial charge in [0.05, 0.1) is 12.6 Å². The monoisotopic (exact) mass is 454 g/mol. The summed E-state index contributed by atoms with van der Waals surface area (Å²) in [5.41, 5.74) is 5.31. The Bertz CT molecular complexity index is 1070. The highest BCUT2D eigenvalue weighted by molar-refractivity contribution is 6.31. The number of halogens is 1. The molecule has 0 N–H and O–H groups in total. The molecule has 0 aromatic heterocycles. The van der Waals surface area contributed by atoms with Gasteiger partial charge in [-0.15, -0.1) is 0 Å². The Morgan fingerprint density at radius 3 is 1.97 bits per heavy atom. The van der Waals surface area contributed by atoms with E-state index < -0.39 is 0 Å². The molecule has 4 aliphatic heterocycles. The molecule has 0 saturated carbocycles. The molecule has 4 aliphatic rings. The maximum atomic E-state index is 6.51. The summed E-state index contributed by atoms with van der Waals surface area (Å²) < 4.78 is 0. The zero-order chi connectivity index (χ0) is 22.2. The fraction of sp³-hybridized carbons (Fsp3) is 0.367. The summed E-state index contributed by atoms with van der Waals surface area (Å²) in [4.78, 5) is 8.26. The summed E-state index contributed by atoms with van der Waals surface area (Å²) in [6, 6.07) is 32.1. The van der Waals surface area contributed by atoms with Gasteiger partial charge < -0.3 is 0 Å². The van der Waals surface area contributed by atoms with Crippen molar-refractivity contribution in [2.75, 3.05) is 0 Å². The first kappa shape index (κ1) is 21.1. The van der Waals surface area contributed by atoms with E-state index in [2.05, 4.69) is 77.7 Å². The third-order valence-corrected chi connectivity index (χ3v) is 8.47. The number of hydrogen-bond donors (Lipinski definition) is 0. The van der Waals surface area contributed by atoms with Crippen molar-refractivity contribution in [2.45, 2.75) is 62.7 Å². The molecule has 3 heteroatoms. The molecule has 7 rings (SSSR count). The van der Waals surface area contributed by atoms with Crippen LogP contribution in [0.1, 0.15) is 54.7 Å². The lowest BCUT2D eigenvalue weighted by molar-refractivity contribution is -0.0185. The van der Waals surface area contributed by atoms with Crippen LogP contribution in [0, 0.1) is 5.92 Å². The fourth-order valence-corrected chi connectivity index (χ4v) is 6.95. The Balaban J connectivity index is 1.47. The second-order valence-electron chi connectivity index (χ2n) is 9.93. The minimum absolute atomic E-state index is 0.295. The summed E-state index contributed by atoms with van der Waals surface area (Å²) in [5, 5.41) is 0.819. The van der Waals surface area contributed by atoms with Gasteiger partial charge in [0.2, 0.25) is 0 Å². The summed E-state index contributed by atoms with van der Waals surface area (Å²) in [5.74, 6) is 0.885. The lowest BCUT2D eigenvalue weighted by Crippen LogP contribution is -2.67. The van der Waals surface area contributed by atoms with Crippen molar-refractivity contribution in [2.24, 2.45) is 10.9 Å². The van der Waals surface area contributed by atoms with E-state index in [0.717, 1.165) is 10.6 Å². The van der Waals surface area contributed by atoms with Gasteiger partial charge in [-0.3, -0.25) is 9.89 Å². The quantitative estimate of drug-likeness (QED) is 0.400. The first-order valence-corrected chi connectivity index (χ1v) is 12.8. The number of piperidine rings is 4. The molecule has 0 amide bonds. The SMILES string of the molecule is Clc1ccccc1CN=C1C2C[C@H]3CCC[C@@H](C2)N3C1C(c1ccccc1)c1ccccc1. The van der Waals surface area contributed by atoms with E-state index >= 15 is 0 Å². The Hall–Kier alpha value is -2.42. The second kappa shape index (κ2) is 9.08. The fourth-order valence-electron chi connectivity index (χ4n) is 6.75. The number of rotatable bonds is 5. The topological polar surface area (TPSA) is 15.6 Å². The van der Waals surface area contributed by atoms with Crippen LogP contribution in [0.5, 0.6) is 0 Å². The van der Waals surface area contributed by atoms with E-state index in [0.29, 0.717) is 36.5 Å². The molecule has 0 spiro atoms. The van der Waals surface area contributed by atoms with Crippen LogP contribution in [0.25, 0.3) is 0 Å². The van der Waals surface area contributed by atoms with Gasteiger partial charge in [0.15, 0.2) is 0 Å². The van der Waals surface area contributed by atoms with Crippen LogP contribution < -0.4 is 0 Å². The number of benzene rings is 3. The molecule has 3 aromatic rings. The maximum Gasteiger partial charge on any atom is 0.0654 e. The summed E-state index contributed by atoms with van der Waals surface area (Å²) >= 11 is 6.51. The average Bonchev–Trinajstić information content (AvgIpc) is 2.85. The van der Waals surface area contributed by atoms with E-state index in [1.165, 1.54) is 48.9 Å². The third kappa shape index (κ3) is 3.94. The molecule has 168 valence electrons. The van der Waals surface area contributed by atoms with E-state index in [4.69, 9.17) is 16.6 Å². The van der Waals surface area contributed by atoms with Crippen LogP contribution in [0.3, 0.4) is 0 Å². The summed E-state index contributed by atoms with van der Waals surface area (Å²) in [7, 11) is 0. The minimum Gasteiger partial charge on any atom is -0.288 e. The van der Waals surface area contributed by atoms with E-state index in [1.807, 2.05) is 12.1 Å². The zero-order valence-corrected chi connectivity index (χ0v) is 19.7. The smallest absolute Gasteiger partial charge is 0.0654 e. The average molecular weight is 455 g/mol. The molecular formula is C30H31ClN2. The molecule has 3 aromatic carbocycles. The molecule has 4 fully saturated rings. The van der Waals surface area contributed by atoms with E-state index in [1.54, 1.807) is 0 Å². The van der Waals surface area contributed by atoms with Crippen molar-refractivity contribution >= 4 is 17.3 Å². The first-order valence-electron chi connectivity index (χ1n) is 12.4. The molecule has 3 unspecified atom stereocenters. The minimum atomic E-state index is 0.295. The predicted molar refractivity (Wildman–Crippen MR) is 137 cm³/mol. The van der Waals surface area contributed by atoms with Gasteiger partial charge in [0, 0.05) is 34.7 Å². The molecule has 0 radical (unpaired) electrons. The molecule has 4 saturated heterocycles. The Morgan fingerprint density at radius 1 is 0.788 bits per heavy atom. The van der Waals surface area contributed by atoms with Gasteiger partial charge in [0.25, 0.3) is 0 Å². The lowest BCUT2D eigenvalue weighted by Gasteiger charge is -2.60. The largest absolute Gasteiger partial charge is 0.288 e. The highest BCUT2D eigenvalue weighted by Gasteiger charge is 2.53. The van der Waals surface area contributed by atoms with Crippen LogP contribution >= 0.6 is 11.6 Å². The highest BCUT2D eigenvalue weighted by atomic mass is 35.5. The molecule has 33 heavy (non-hydrogen) atoms. The Kier molecular flexibility index (Phi) is 5.82. The van der Waals surface area contributed by atoms with Gasteiger partial charge in [-0.05, 0) is 48.4 Å². The standard InChI is InChI=1S/C30H31ClN2/c31-27-17-8-7-14-23(27)20-32-29-24-18-25-15-9-16-26(19-24)33(25)30(29)28(21-10-3-1-4-11-21)22-12-5-2-6-13-22/h1-8,10-14,17,24-26,28,30H,9,15-16,18-20H2/t24?,25-,26+,30?. The molecule has 0 aliphatic carbocycles. The Labute approximate surface area is 202 Å². The summed E-state index contributed by atoms with van der Waals surface area (Å²) in [6.45, 7) is 0.668. The van der Waals surface area contributed by atoms with Crippen LogP contribution in [-0.4, -0.2) is 28.7 Å². The number of nitrogens with zero attached hydrogens (tertiary/aromatic N) is 2. The highest BCUT2D eigenvalue weighted by Crippen LogP contribution is 2.49. The van der Waals surface area contributed by atoms with Gasteiger partial charge in [0.1, 0.15) is 0 Å². The van der Waals surface area contributed by atoms with Crippen molar-refractivity contribution in [3.05, 3.63) is 107 Å². The predicted octanol–water partition coefficient (Wildman–Crippen LogP) is 7.13. The van der Waals surface area contributed by atoms with E-state index in [9.17, 15) is 0 Å². The van der Waals surface area contributed by atoms with Crippen molar-refractivity contribution in [3.8, 4) is 0 Å². The van der Waals surface area contributed by atoms with Gasteiger partial charge >= 0.3 is 0 Å².